The molecule has 0 aromatic carbocycles. The average Bonchev–Trinajstić information content (AvgIpc) is 2.84. The Labute approximate surface area is 180 Å². The number of aromatic nitrogens is 3. The largest absolute Gasteiger partial charge is 0.355 e. The Morgan fingerprint density at radius 3 is 2.58 bits per heavy atom. The lowest BCUT2D eigenvalue weighted by Gasteiger charge is -2.35. The fourth-order valence-corrected chi connectivity index (χ4v) is 4.55. The number of nitrogens with one attached hydrogen (secondary N) is 1. The third-order valence-electron chi connectivity index (χ3n) is 6.42. The molecule has 2 aliphatic rings. The van der Waals surface area contributed by atoms with Gasteiger partial charge in [0.15, 0.2) is 5.65 Å². The predicted octanol–water partition coefficient (Wildman–Crippen LogP) is 2.92. The second-order valence-electron chi connectivity index (χ2n) is 8.38. The van der Waals surface area contributed by atoms with Crippen LogP contribution in [0.1, 0.15) is 37.3 Å². The summed E-state index contributed by atoms with van der Waals surface area (Å²) in [6.07, 6.45) is 8.33. The van der Waals surface area contributed by atoms with Crippen LogP contribution in [0.2, 0.25) is 0 Å². The zero-order valence-corrected chi connectivity index (χ0v) is 17.3. The molecule has 1 N–H and O–H groups in total. The molecule has 158 valence electrons. The van der Waals surface area contributed by atoms with Gasteiger partial charge in [0.25, 0.3) is 0 Å². The Morgan fingerprint density at radius 2 is 1.84 bits per heavy atom. The van der Waals surface area contributed by atoms with Gasteiger partial charge in [-0.1, -0.05) is 0 Å². The van der Waals surface area contributed by atoms with Crippen molar-refractivity contribution in [2.45, 2.75) is 31.6 Å². The van der Waals surface area contributed by atoms with Crippen LogP contribution in [-0.2, 0) is 9.59 Å². The van der Waals surface area contributed by atoms with E-state index in [1.54, 1.807) is 12.4 Å². The third-order valence-corrected chi connectivity index (χ3v) is 6.42. The van der Waals surface area contributed by atoms with Crippen LogP contribution < -0.4 is 5.32 Å². The normalized spacial score (nSPS) is 19.9. The molecule has 1 atom stereocenters. The van der Waals surface area contributed by atoms with Crippen molar-refractivity contribution in [3.63, 3.8) is 0 Å². The molecule has 7 nitrogen and oxygen atoms in total. The van der Waals surface area contributed by atoms with Crippen LogP contribution in [-0.4, -0.2) is 51.3 Å². The molecule has 5 heterocycles. The topological polar surface area (TPSA) is 88.1 Å². The molecule has 3 aromatic heterocycles. The number of pyridine rings is 3. The van der Waals surface area contributed by atoms with Crippen LogP contribution in [0.25, 0.3) is 22.2 Å². The number of carbonyl (C=O) groups excluding carboxylic acids is 2. The summed E-state index contributed by atoms with van der Waals surface area (Å²) >= 11 is 0. The van der Waals surface area contributed by atoms with Crippen molar-refractivity contribution < 1.29 is 9.59 Å². The maximum atomic E-state index is 12.8. The second-order valence-corrected chi connectivity index (χ2v) is 8.38. The molecule has 2 saturated heterocycles. The molecule has 2 fully saturated rings. The van der Waals surface area contributed by atoms with Crippen LogP contribution in [0.5, 0.6) is 0 Å². The van der Waals surface area contributed by atoms with Gasteiger partial charge in [0, 0.05) is 67.2 Å². The molecule has 2 aliphatic heterocycles. The van der Waals surface area contributed by atoms with Gasteiger partial charge in [-0.2, -0.15) is 0 Å². The van der Waals surface area contributed by atoms with Crippen molar-refractivity contribution in [3.8, 4) is 11.1 Å². The van der Waals surface area contributed by atoms with Crippen molar-refractivity contribution in [1.82, 2.24) is 25.2 Å². The molecule has 31 heavy (non-hydrogen) atoms. The zero-order chi connectivity index (χ0) is 21.2. The Morgan fingerprint density at radius 1 is 1.03 bits per heavy atom. The molecular weight excluding hydrogens is 390 g/mol. The van der Waals surface area contributed by atoms with Crippen LogP contribution in [0, 0.1) is 5.92 Å². The van der Waals surface area contributed by atoms with E-state index in [1.165, 1.54) is 0 Å². The molecule has 3 aromatic rings. The number of likely N-dealkylation sites (tertiary alicyclic amines) is 1. The van der Waals surface area contributed by atoms with Gasteiger partial charge < -0.3 is 10.2 Å². The van der Waals surface area contributed by atoms with E-state index in [9.17, 15) is 9.59 Å². The standard InChI is InChI=1S/C24H25N5O2/c30-22-4-2-19(14-26-22)24(31)29-11-7-17(8-12-29)21-3-1-18-13-20(15-27-23(18)28-21)16-5-9-25-10-6-16/h1,3,5-6,9-10,13,15,17,19H,2,4,7-8,11-12,14H2,(H,26,30). The number of carbonyl (C=O) groups is 2. The first-order valence-electron chi connectivity index (χ1n) is 10.9. The first kappa shape index (κ1) is 19.6. The van der Waals surface area contributed by atoms with E-state index in [0.717, 1.165) is 53.8 Å². The quantitative estimate of drug-likeness (QED) is 0.711. The smallest absolute Gasteiger partial charge is 0.227 e. The second kappa shape index (κ2) is 8.41. The minimum absolute atomic E-state index is 0.0478. The van der Waals surface area contributed by atoms with E-state index in [2.05, 4.69) is 33.5 Å². The van der Waals surface area contributed by atoms with Gasteiger partial charge in [-0.15, -0.1) is 0 Å². The number of nitrogens with zero attached hydrogens (tertiary/aromatic N) is 4. The highest BCUT2D eigenvalue weighted by molar-refractivity contribution is 5.84. The predicted molar refractivity (Wildman–Crippen MR) is 117 cm³/mol. The van der Waals surface area contributed by atoms with Crippen LogP contribution in [0.15, 0.2) is 48.9 Å². The van der Waals surface area contributed by atoms with Gasteiger partial charge in [0.2, 0.25) is 11.8 Å². The van der Waals surface area contributed by atoms with Crippen molar-refractivity contribution >= 4 is 22.8 Å². The number of hydrogen-bond donors (Lipinski definition) is 1. The van der Waals surface area contributed by atoms with Crippen LogP contribution in [0.4, 0.5) is 0 Å². The summed E-state index contributed by atoms with van der Waals surface area (Å²) in [5.74, 6) is 0.481. The van der Waals surface area contributed by atoms with E-state index < -0.39 is 0 Å². The Bertz CT molecular complexity index is 1100. The molecule has 0 aliphatic carbocycles. The molecule has 0 saturated carbocycles. The van der Waals surface area contributed by atoms with Gasteiger partial charge in [0.05, 0.1) is 5.92 Å². The lowest BCUT2D eigenvalue weighted by Crippen LogP contribution is -2.47. The number of rotatable bonds is 3. The summed E-state index contributed by atoms with van der Waals surface area (Å²) in [5, 5.41) is 3.83. The monoisotopic (exact) mass is 415 g/mol. The summed E-state index contributed by atoms with van der Waals surface area (Å²) in [5.41, 5.74) is 3.94. The molecule has 7 heteroatoms. The van der Waals surface area contributed by atoms with Gasteiger partial charge in [-0.25, -0.2) is 9.97 Å². The number of hydrogen-bond acceptors (Lipinski definition) is 5. The molecule has 0 spiro atoms. The number of fused-ring (bicyclic) bond motifs is 1. The van der Waals surface area contributed by atoms with E-state index in [4.69, 9.17) is 4.98 Å². The summed E-state index contributed by atoms with van der Waals surface area (Å²) < 4.78 is 0. The minimum Gasteiger partial charge on any atom is -0.355 e. The molecule has 1 unspecified atom stereocenters. The maximum Gasteiger partial charge on any atom is 0.227 e. The van der Waals surface area contributed by atoms with Gasteiger partial charge in [-0.05, 0) is 55.2 Å². The molecule has 0 bridgehead atoms. The lowest BCUT2D eigenvalue weighted by atomic mass is 9.91. The molecular formula is C24H25N5O2. The summed E-state index contributed by atoms with van der Waals surface area (Å²) in [4.78, 5) is 39.6. The van der Waals surface area contributed by atoms with E-state index >= 15 is 0 Å². The van der Waals surface area contributed by atoms with Crippen LogP contribution in [0.3, 0.4) is 0 Å². The Kier molecular flexibility index (Phi) is 5.32. The third kappa shape index (κ3) is 4.13. The average molecular weight is 415 g/mol. The lowest BCUT2D eigenvalue weighted by molar-refractivity contribution is -0.138. The first-order chi connectivity index (χ1) is 15.2. The number of amides is 2. The fourth-order valence-electron chi connectivity index (χ4n) is 4.55. The highest BCUT2D eigenvalue weighted by atomic mass is 16.2. The van der Waals surface area contributed by atoms with Gasteiger partial charge >= 0.3 is 0 Å². The van der Waals surface area contributed by atoms with Crippen molar-refractivity contribution in [2.24, 2.45) is 5.92 Å². The van der Waals surface area contributed by atoms with Gasteiger partial charge in [-0.3, -0.25) is 14.6 Å². The van der Waals surface area contributed by atoms with Crippen molar-refractivity contribution in [2.75, 3.05) is 19.6 Å². The highest BCUT2D eigenvalue weighted by Crippen LogP contribution is 2.30. The molecule has 0 radical (unpaired) electrons. The SMILES string of the molecule is O=C1CCC(C(=O)N2CCC(c3ccc4cc(-c5ccncc5)cnc4n3)CC2)CN1. The molecule has 5 rings (SSSR count). The highest BCUT2D eigenvalue weighted by Gasteiger charge is 2.31. The van der Waals surface area contributed by atoms with Crippen LogP contribution >= 0.6 is 0 Å². The van der Waals surface area contributed by atoms with E-state index in [-0.39, 0.29) is 17.7 Å². The number of piperidine rings is 2. The summed E-state index contributed by atoms with van der Waals surface area (Å²) in [6, 6.07) is 10.2. The van der Waals surface area contributed by atoms with Crippen molar-refractivity contribution in [3.05, 3.63) is 54.6 Å². The van der Waals surface area contributed by atoms with E-state index in [0.29, 0.717) is 25.3 Å². The zero-order valence-electron chi connectivity index (χ0n) is 17.3. The minimum atomic E-state index is -0.0770. The first-order valence-corrected chi connectivity index (χ1v) is 10.9. The Balaban J connectivity index is 1.25. The van der Waals surface area contributed by atoms with E-state index in [1.807, 2.05) is 23.2 Å². The summed E-state index contributed by atoms with van der Waals surface area (Å²) in [6.45, 7) is 1.95. The maximum absolute atomic E-state index is 12.8. The summed E-state index contributed by atoms with van der Waals surface area (Å²) in [7, 11) is 0. The Hall–Kier alpha value is -3.35. The van der Waals surface area contributed by atoms with Crippen molar-refractivity contribution in [1.29, 1.82) is 0 Å². The molecule has 2 amide bonds. The fraction of sp³-hybridized carbons (Fsp3) is 0.375. The van der Waals surface area contributed by atoms with Gasteiger partial charge in [0.1, 0.15) is 0 Å².